The normalized spacial score (nSPS) is 10.6. The van der Waals surface area contributed by atoms with Crippen molar-refractivity contribution >= 4 is 75.4 Å². The largest absolute Gasteiger partial charge is 0.264 e. The maximum Gasteiger partial charge on any atom is 0.0964 e. The van der Waals surface area contributed by atoms with Gasteiger partial charge in [-0.3, -0.25) is 69.8 Å². The monoisotopic (exact) mass is 1540 g/mol. The highest BCUT2D eigenvalue weighted by molar-refractivity contribution is 5.98. The summed E-state index contributed by atoms with van der Waals surface area (Å²) in [6.45, 7) is 14.3. The van der Waals surface area contributed by atoms with Gasteiger partial charge in [0.1, 0.15) is 0 Å². The van der Waals surface area contributed by atoms with Gasteiger partial charge in [0.25, 0.3) is 0 Å². The molecular weight excluding hydrogens is 1460 g/mol. The van der Waals surface area contributed by atoms with Crippen LogP contribution in [0.5, 0.6) is 0 Å². The van der Waals surface area contributed by atoms with Crippen molar-refractivity contribution < 1.29 is 0 Å². The summed E-state index contributed by atoms with van der Waals surface area (Å²) in [6, 6.07) is 90.8. The zero-order valence-electron chi connectivity index (χ0n) is 67.1. The maximum absolute atomic E-state index is 4.48. The number of aromatic nitrogens is 14. The van der Waals surface area contributed by atoms with Crippen molar-refractivity contribution in [3.8, 4) is 79.1 Å². The van der Waals surface area contributed by atoms with Crippen molar-refractivity contribution in [2.24, 2.45) is 0 Å². The second-order valence-electron chi connectivity index (χ2n) is 28.9. The third-order valence-electron chi connectivity index (χ3n) is 19.9. The Morgan fingerprint density at radius 2 is 0.521 bits per heavy atom. The Bertz CT molecular complexity index is 6160. The van der Waals surface area contributed by atoms with E-state index in [0.717, 1.165) is 128 Å². The van der Waals surface area contributed by atoms with E-state index in [1.165, 1.54) is 65.5 Å². The molecule has 14 nitrogen and oxygen atoms in total. The molecule has 0 aliphatic heterocycles. The quantitative estimate of drug-likeness (QED) is 0.147. The zero-order valence-corrected chi connectivity index (χ0v) is 67.1. The first-order valence-electron chi connectivity index (χ1n) is 39.2. The molecule has 0 bridgehead atoms. The number of nitrogens with zero attached hydrogens (tertiary/aromatic N) is 14. The molecule has 0 atom stereocenters. The number of hydrogen-bond donors (Lipinski definition) is 0. The van der Waals surface area contributed by atoms with Crippen molar-refractivity contribution in [2.45, 2.75) is 48.5 Å². The Hall–Kier alpha value is -15.5. The molecule has 0 spiro atoms. The topological polar surface area (TPSA) is 180 Å². The predicted octanol–water partition coefficient (Wildman–Crippen LogP) is 25.2. The Morgan fingerprint density at radius 3 is 1.09 bits per heavy atom. The summed E-state index contributed by atoms with van der Waals surface area (Å²) in [5.74, 6) is 0. The molecule has 574 valence electrons. The van der Waals surface area contributed by atoms with Crippen LogP contribution in [0, 0.1) is 48.5 Å². The fourth-order valence-corrected chi connectivity index (χ4v) is 13.4. The second-order valence-corrected chi connectivity index (χ2v) is 28.9. The fraction of sp³-hybridized carbons (Fsp3) is 0.0667. The molecule has 0 aliphatic rings. The molecule has 0 fully saturated rings. The lowest BCUT2D eigenvalue weighted by Crippen LogP contribution is -1.89. The highest BCUT2D eigenvalue weighted by Crippen LogP contribution is 2.32. The van der Waals surface area contributed by atoms with Crippen LogP contribution in [0.3, 0.4) is 0 Å². The first-order chi connectivity index (χ1) is 58.4. The van der Waals surface area contributed by atoms with Gasteiger partial charge < -0.3 is 0 Å². The van der Waals surface area contributed by atoms with Gasteiger partial charge in [-0.1, -0.05) is 176 Å². The second kappa shape index (κ2) is 38.1. The molecule has 0 N–H and O–H groups in total. The van der Waals surface area contributed by atoms with Crippen LogP contribution in [0.1, 0.15) is 38.9 Å². The molecule has 0 saturated carbocycles. The number of hydrogen-bond acceptors (Lipinski definition) is 14. The molecule has 119 heavy (non-hydrogen) atoms. The molecule has 0 radical (unpaired) electrons. The van der Waals surface area contributed by atoms with Gasteiger partial charge in [0.05, 0.1) is 51.2 Å². The predicted molar refractivity (Wildman–Crippen MR) is 488 cm³/mol. The van der Waals surface area contributed by atoms with Crippen LogP contribution in [0.4, 0.5) is 0 Å². The summed E-state index contributed by atoms with van der Waals surface area (Å²) >= 11 is 0. The van der Waals surface area contributed by atoms with Gasteiger partial charge in [-0.15, -0.1) is 0 Å². The number of aryl methyl sites for hydroxylation is 7. The third-order valence-corrected chi connectivity index (χ3v) is 19.9. The Kier molecular flexibility index (Phi) is 25.2. The third kappa shape index (κ3) is 20.2. The van der Waals surface area contributed by atoms with Gasteiger partial charge in [-0.05, 0) is 216 Å². The first-order valence-corrected chi connectivity index (χ1v) is 39.2. The molecule has 0 saturated heterocycles. The average Bonchev–Trinajstić information content (AvgIpc) is 0.883. The average molecular weight is 1540 g/mol. The van der Waals surface area contributed by atoms with Crippen LogP contribution in [0.2, 0.25) is 0 Å². The zero-order chi connectivity index (χ0) is 81.7. The maximum atomic E-state index is 4.48. The van der Waals surface area contributed by atoms with Crippen molar-refractivity contribution in [1.82, 2.24) is 69.8 Å². The van der Waals surface area contributed by atoms with E-state index < -0.39 is 0 Å². The van der Waals surface area contributed by atoms with E-state index >= 15 is 0 Å². The standard InChI is InChI=1S/7C15H12N2/c1-11-2-5-15(17-9-11)13-3-4-14-10-16-7-6-12(14)8-13;1-11-2-5-15(17-9-11)13-4-3-12-6-7-16-10-14(12)8-13;1-11-5-6-15(17-9-11)14-4-2-3-12-10-16-8-7-13(12)14;1-11-5-6-15(17-9-11)13-4-2-3-12-7-8-16-10-14(12)13;1-11-6-7-14(16-9-11)15-8-12-4-2-3-5-13(12)10-17-15;1-11-6-7-15(17-8-11)14-10-16-9-12-4-2-3-5-13(12)14;1-11-6-7-14(17-10-11)15-13-5-3-2-4-12(13)8-9-16-15/h7*2-10H,1H3. The minimum Gasteiger partial charge on any atom is -0.264 e. The van der Waals surface area contributed by atoms with Crippen LogP contribution >= 0.6 is 0 Å². The fourth-order valence-electron chi connectivity index (χ4n) is 13.4. The summed E-state index contributed by atoms with van der Waals surface area (Å²) in [6.07, 6.45) is 35.5. The highest BCUT2D eigenvalue weighted by atomic mass is 14.8. The van der Waals surface area contributed by atoms with Gasteiger partial charge in [-0.2, -0.15) is 0 Å². The molecular formula is C105H84N14. The van der Waals surface area contributed by atoms with E-state index in [2.05, 4.69) is 240 Å². The number of benzene rings is 7. The van der Waals surface area contributed by atoms with Crippen LogP contribution < -0.4 is 0 Å². The minimum atomic E-state index is 0.918. The molecule has 0 unspecified atom stereocenters. The summed E-state index contributed by atoms with van der Waals surface area (Å²) in [5, 5.41) is 16.4. The van der Waals surface area contributed by atoms with E-state index in [0.29, 0.717) is 0 Å². The summed E-state index contributed by atoms with van der Waals surface area (Å²) in [5.41, 5.74) is 22.5. The summed E-state index contributed by atoms with van der Waals surface area (Å²) in [7, 11) is 0. The Balaban J connectivity index is 0.000000108. The lowest BCUT2D eigenvalue weighted by atomic mass is 10.0. The number of rotatable bonds is 7. The van der Waals surface area contributed by atoms with E-state index in [1.807, 2.05) is 263 Å². The van der Waals surface area contributed by atoms with E-state index in [4.69, 9.17) is 0 Å². The van der Waals surface area contributed by atoms with Crippen molar-refractivity contribution in [2.75, 3.05) is 0 Å². The van der Waals surface area contributed by atoms with Crippen molar-refractivity contribution in [1.29, 1.82) is 0 Å². The summed E-state index contributed by atoms with van der Waals surface area (Å²) < 4.78 is 0. The van der Waals surface area contributed by atoms with Gasteiger partial charge in [-0.25, -0.2) is 0 Å². The van der Waals surface area contributed by atoms with Gasteiger partial charge in [0.2, 0.25) is 0 Å². The number of pyridine rings is 14. The summed E-state index contributed by atoms with van der Waals surface area (Å²) in [4.78, 5) is 60.9. The van der Waals surface area contributed by atoms with Gasteiger partial charge in [0.15, 0.2) is 0 Å². The van der Waals surface area contributed by atoms with Crippen molar-refractivity contribution in [3.63, 3.8) is 0 Å². The Labute approximate surface area is 692 Å². The lowest BCUT2D eigenvalue weighted by molar-refractivity contribution is 1.23. The smallest absolute Gasteiger partial charge is 0.0964 e. The molecule has 14 aromatic heterocycles. The van der Waals surface area contributed by atoms with Crippen molar-refractivity contribution in [3.05, 3.63) is 424 Å². The minimum absolute atomic E-state index is 0.918. The first kappa shape index (κ1) is 78.7. The van der Waals surface area contributed by atoms with Gasteiger partial charge >= 0.3 is 0 Å². The highest BCUT2D eigenvalue weighted by Gasteiger charge is 2.11. The molecule has 14 heteroatoms. The molecule has 21 rings (SSSR count). The van der Waals surface area contributed by atoms with Crippen LogP contribution in [-0.2, 0) is 0 Å². The molecule has 0 amide bonds. The SMILES string of the molecule is Cc1ccc(-c2cc3ccccc3cn2)nc1.Cc1ccc(-c2ccc3ccncc3c2)nc1.Cc1ccc(-c2ccc3cnccc3c2)nc1.Cc1ccc(-c2cccc3ccncc23)nc1.Cc1ccc(-c2cccc3cnccc23)nc1.Cc1ccc(-c2cncc3ccccc23)nc1.Cc1ccc(-c2nccc3ccccc23)nc1. The molecule has 7 aromatic carbocycles. The van der Waals surface area contributed by atoms with Gasteiger partial charge in [0, 0.05) is 183 Å². The lowest BCUT2D eigenvalue weighted by Gasteiger charge is -2.05. The molecule has 0 aliphatic carbocycles. The van der Waals surface area contributed by atoms with E-state index in [-0.39, 0.29) is 0 Å². The number of fused-ring (bicyclic) bond motifs is 7. The van der Waals surface area contributed by atoms with E-state index in [1.54, 1.807) is 0 Å². The van der Waals surface area contributed by atoms with E-state index in [9.17, 15) is 0 Å². The van der Waals surface area contributed by atoms with Crippen LogP contribution in [0.25, 0.3) is 154 Å². The molecule has 14 heterocycles. The van der Waals surface area contributed by atoms with Crippen LogP contribution in [0.15, 0.2) is 385 Å². The Morgan fingerprint density at radius 1 is 0.160 bits per heavy atom. The molecule has 21 aromatic rings. The van der Waals surface area contributed by atoms with Crippen LogP contribution in [-0.4, -0.2) is 69.8 Å².